The van der Waals surface area contributed by atoms with Gasteiger partial charge in [-0.3, -0.25) is 4.79 Å². The Kier molecular flexibility index (Phi) is 5.58. The van der Waals surface area contributed by atoms with E-state index in [1.165, 1.54) is 0 Å². The van der Waals surface area contributed by atoms with Crippen molar-refractivity contribution in [2.24, 2.45) is 5.92 Å². The third kappa shape index (κ3) is 4.33. The lowest BCUT2D eigenvalue weighted by Crippen LogP contribution is -2.36. The third-order valence-corrected chi connectivity index (χ3v) is 3.53. The third-order valence-electron chi connectivity index (χ3n) is 3.53. The number of halogens is 4. The summed E-state index contributed by atoms with van der Waals surface area (Å²) in [5.74, 6) is -3.93. The number of likely N-dealkylation sites (tertiary alicyclic amines) is 1. The molecular formula is C12H19F4NO2. The van der Waals surface area contributed by atoms with Gasteiger partial charge in [0.1, 0.15) is 6.61 Å². The Bertz CT molecular complexity index is 312. The van der Waals surface area contributed by atoms with E-state index in [2.05, 4.69) is 4.74 Å². The van der Waals surface area contributed by atoms with Gasteiger partial charge in [0.25, 0.3) is 0 Å². The molecule has 0 saturated carbocycles. The fourth-order valence-corrected chi connectivity index (χ4v) is 2.02. The molecule has 19 heavy (non-hydrogen) atoms. The molecule has 1 amide bonds. The van der Waals surface area contributed by atoms with E-state index in [4.69, 9.17) is 0 Å². The first-order valence-corrected chi connectivity index (χ1v) is 6.29. The van der Waals surface area contributed by atoms with Crippen LogP contribution >= 0.6 is 0 Å². The maximum Gasteiger partial charge on any atom is 0.330 e. The lowest BCUT2D eigenvalue weighted by Gasteiger charge is -2.23. The summed E-state index contributed by atoms with van der Waals surface area (Å²) in [4.78, 5) is 13.4. The maximum atomic E-state index is 12.5. The van der Waals surface area contributed by atoms with Gasteiger partial charge in [-0.2, -0.15) is 8.78 Å². The number of rotatable bonds is 6. The van der Waals surface area contributed by atoms with Gasteiger partial charge >= 0.3 is 12.3 Å². The Morgan fingerprint density at radius 2 is 2.05 bits per heavy atom. The molecule has 2 atom stereocenters. The van der Waals surface area contributed by atoms with Crippen LogP contribution < -0.4 is 0 Å². The Labute approximate surface area is 109 Å². The molecule has 1 heterocycles. The SMILES string of the molecule is CC1CCN(C(=O)CCOCC(F)(F)C(F)F)C1C. The first-order chi connectivity index (χ1) is 8.75. The topological polar surface area (TPSA) is 29.5 Å². The number of alkyl halides is 4. The standard InChI is InChI=1S/C12H19F4NO2/c1-8-3-5-17(9(8)2)10(18)4-6-19-7-12(15,16)11(13)14/h8-9,11H,3-7H2,1-2H3. The zero-order valence-corrected chi connectivity index (χ0v) is 11.0. The Balaban J connectivity index is 2.25. The van der Waals surface area contributed by atoms with Crippen molar-refractivity contribution < 1.29 is 27.1 Å². The molecule has 0 bridgehead atoms. The van der Waals surface area contributed by atoms with Gasteiger partial charge < -0.3 is 9.64 Å². The fourth-order valence-electron chi connectivity index (χ4n) is 2.02. The molecule has 0 spiro atoms. The van der Waals surface area contributed by atoms with Gasteiger partial charge in [0.2, 0.25) is 5.91 Å². The largest absolute Gasteiger partial charge is 0.374 e. The van der Waals surface area contributed by atoms with Crippen molar-refractivity contribution in [2.45, 2.75) is 45.1 Å². The summed E-state index contributed by atoms with van der Waals surface area (Å²) in [6, 6.07) is 0.120. The van der Waals surface area contributed by atoms with Crippen LogP contribution in [-0.4, -0.2) is 49.0 Å². The summed E-state index contributed by atoms with van der Waals surface area (Å²) in [5, 5.41) is 0. The zero-order valence-electron chi connectivity index (χ0n) is 11.0. The fraction of sp³-hybridized carbons (Fsp3) is 0.917. The van der Waals surface area contributed by atoms with Crippen LogP contribution in [0.3, 0.4) is 0 Å². The van der Waals surface area contributed by atoms with Crippen molar-refractivity contribution in [3.05, 3.63) is 0 Å². The number of nitrogens with zero attached hydrogens (tertiary/aromatic N) is 1. The molecule has 1 aliphatic heterocycles. The molecule has 1 aliphatic rings. The molecular weight excluding hydrogens is 266 g/mol. The van der Waals surface area contributed by atoms with Gasteiger partial charge in [0.15, 0.2) is 0 Å². The molecule has 0 aliphatic carbocycles. The average Bonchev–Trinajstić information content (AvgIpc) is 2.65. The molecule has 0 aromatic rings. The second-order valence-electron chi connectivity index (χ2n) is 4.96. The summed E-state index contributed by atoms with van der Waals surface area (Å²) in [7, 11) is 0. The summed E-state index contributed by atoms with van der Waals surface area (Å²) >= 11 is 0. The highest BCUT2D eigenvalue weighted by atomic mass is 19.3. The van der Waals surface area contributed by atoms with Crippen LogP contribution in [0, 0.1) is 5.92 Å². The monoisotopic (exact) mass is 285 g/mol. The highest BCUT2D eigenvalue weighted by molar-refractivity contribution is 5.76. The highest BCUT2D eigenvalue weighted by Crippen LogP contribution is 2.24. The van der Waals surface area contributed by atoms with Gasteiger partial charge in [0.05, 0.1) is 13.0 Å². The summed E-state index contributed by atoms with van der Waals surface area (Å²) in [5.41, 5.74) is 0. The van der Waals surface area contributed by atoms with Gasteiger partial charge in [-0.25, -0.2) is 8.78 Å². The van der Waals surface area contributed by atoms with Crippen molar-refractivity contribution in [3.63, 3.8) is 0 Å². The van der Waals surface area contributed by atoms with Crippen LogP contribution in [0.2, 0.25) is 0 Å². The number of hydrogen-bond donors (Lipinski definition) is 0. The summed E-state index contributed by atoms with van der Waals surface area (Å²) in [6.07, 6.45) is -2.89. The molecule has 0 N–H and O–H groups in total. The maximum absolute atomic E-state index is 12.5. The first kappa shape index (κ1) is 16.2. The van der Waals surface area contributed by atoms with Gasteiger partial charge in [-0.1, -0.05) is 6.92 Å². The normalized spacial score (nSPS) is 24.3. The molecule has 1 fully saturated rings. The van der Waals surface area contributed by atoms with Gasteiger partial charge in [0, 0.05) is 12.6 Å². The van der Waals surface area contributed by atoms with E-state index in [0.29, 0.717) is 12.5 Å². The molecule has 3 nitrogen and oxygen atoms in total. The molecule has 112 valence electrons. The minimum Gasteiger partial charge on any atom is -0.374 e. The van der Waals surface area contributed by atoms with Gasteiger partial charge in [-0.05, 0) is 19.3 Å². The predicted molar refractivity (Wildman–Crippen MR) is 61.3 cm³/mol. The minimum atomic E-state index is -4.15. The zero-order chi connectivity index (χ0) is 14.6. The van der Waals surface area contributed by atoms with E-state index in [0.717, 1.165) is 6.42 Å². The number of amides is 1. The van der Waals surface area contributed by atoms with Crippen LogP contribution in [0.15, 0.2) is 0 Å². The van der Waals surface area contributed by atoms with Crippen LogP contribution in [-0.2, 0) is 9.53 Å². The summed E-state index contributed by atoms with van der Waals surface area (Å²) < 4.78 is 53.2. The Hall–Kier alpha value is -0.850. The van der Waals surface area contributed by atoms with E-state index in [1.54, 1.807) is 4.90 Å². The quantitative estimate of drug-likeness (QED) is 0.554. The summed E-state index contributed by atoms with van der Waals surface area (Å²) in [6.45, 7) is 3.00. The molecule has 1 rings (SSSR count). The number of carbonyl (C=O) groups is 1. The second-order valence-corrected chi connectivity index (χ2v) is 4.96. The van der Waals surface area contributed by atoms with E-state index in [1.807, 2.05) is 13.8 Å². The van der Waals surface area contributed by atoms with Gasteiger partial charge in [-0.15, -0.1) is 0 Å². The van der Waals surface area contributed by atoms with Crippen LogP contribution in [0.4, 0.5) is 17.6 Å². The van der Waals surface area contributed by atoms with E-state index in [-0.39, 0.29) is 25.0 Å². The van der Waals surface area contributed by atoms with Crippen molar-refractivity contribution in [1.29, 1.82) is 0 Å². The molecule has 7 heteroatoms. The van der Waals surface area contributed by atoms with E-state index < -0.39 is 19.0 Å². The predicted octanol–water partition coefficient (Wildman–Crippen LogP) is 2.55. The molecule has 1 saturated heterocycles. The second kappa shape index (κ2) is 6.54. The molecule has 2 unspecified atom stereocenters. The lowest BCUT2D eigenvalue weighted by molar-refractivity contribution is -0.167. The van der Waals surface area contributed by atoms with Crippen molar-refractivity contribution in [1.82, 2.24) is 4.90 Å². The van der Waals surface area contributed by atoms with Crippen molar-refractivity contribution >= 4 is 5.91 Å². The van der Waals surface area contributed by atoms with Crippen LogP contribution in [0.5, 0.6) is 0 Å². The Morgan fingerprint density at radius 1 is 1.42 bits per heavy atom. The number of ether oxygens (including phenoxy) is 1. The average molecular weight is 285 g/mol. The smallest absolute Gasteiger partial charge is 0.330 e. The number of hydrogen-bond acceptors (Lipinski definition) is 2. The first-order valence-electron chi connectivity index (χ1n) is 6.29. The molecule has 0 aromatic carbocycles. The minimum absolute atomic E-state index is 0.0591. The Morgan fingerprint density at radius 3 is 2.53 bits per heavy atom. The lowest BCUT2D eigenvalue weighted by atomic mass is 10.1. The van der Waals surface area contributed by atoms with Crippen LogP contribution in [0.25, 0.3) is 0 Å². The number of carbonyl (C=O) groups excluding carboxylic acids is 1. The van der Waals surface area contributed by atoms with Crippen LogP contribution in [0.1, 0.15) is 26.7 Å². The van der Waals surface area contributed by atoms with E-state index >= 15 is 0 Å². The molecule has 0 aromatic heterocycles. The van der Waals surface area contributed by atoms with E-state index in [9.17, 15) is 22.4 Å². The molecule has 0 radical (unpaired) electrons. The van der Waals surface area contributed by atoms with Crippen molar-refractivity contribution in [2.75, 3.05) is 19.8 Å². The van der Waals surface area contributed by atoms with Crippen molar-refractivity contribution in [3.8, 4) is 0 Å². The highest BCUT2D eigenvalue weighted by Gasteiger charge is 2.41.